The summed E-state index contributed by atoms with van der Waals surface area (Å²) in [5.74, 6) is 2.18. The summed E-state index contributed by atoms with van der Waals surface area (Å²) in [5.41, 5.74) is 1.33. The van der Waals surface area contributed by atoms with Crippen LogP contribution >= 0.6 is 11.3 Å². The van der Waals surface area contributed by atoms with Crippen LogP contribution in [0.3, 0.4) is 0 Å². The lowest BCUT2D eigenvalue weighted by Gasteiger charge is -2.26. The van der Waals surface area contributed by atoms with Gasteiger partial charge in [-0.15, -0.1) is 11.3 Å². The molecule has 2 atom stereocenters. The van der Waals surface area contributed by atoms with Crippen molar-refractivity contribution in [2.75, 3.05) is 0 Å². The summed E-state index contributed by atoms with van der Waals surface area (Å²) in [6.45, 7) is 12.3. The van der Waals surface area contributed by atoms with Gasteiger partial charge in [0.1, 0.15) is 0 Å². The van der Waals surface area contributed by atoms with E-state index in [1.807, 2.05) is 11.3 Å². The number of nitrogens with zero attached hydrogens (tertiary/aromatic N) is 1. The normalized spacial score (nSPS) is 23.2. The van der Waals surface area contributed by atoms with E-state index in [-0.39, 0.29) is 0 Å². The van der Waals surface area contributed by atoms with Gasteiger partial charge < -0.3 is 5.32 Å². The summed E-state index contributed by atoms with van der Waals surface area (Å²) in [5, 5.41) is 4.98. The minimum Gasteiger partial charge on any atom is -0.310 e. The molecule has 0 amide bonds. The van der Waals surface area contributed by atoms with Gasteiger partial charge in [-0.3, -0.25) is 0 Å². The van der Waals surface area contributed by atoms with E-state index in [4.69, 9.17) is 4.98 Å². The first-order chi connectivity index (χ1) is 10.0. The standard InChI is InChI=1S/C18H32N2S/c1-6-14-8-7-9-15(10-14)18-20-17(12(2)3)16(21-18)11-19-13(4)5/h12-15,19H,6-11H2,1-5H3. The molecule has 1 fully saturated rings. The van der Waals surface area contributed by atoms with E-state index in [1.54, 1.807) is 0 Å². The average molecular weight is 309 g/mol. The van der Waals surface area contributed by atoms with Gasteiger partial charge in [-0.1, -0.05) is 53.9 Å². The summed E-state index contributed by atoms with van der Waals surface area (Å²) in [4.78, 5) is 6.52. The predicted octanol–water partition coefficient (Wildman–Crippen LogP) is 5.45. The van der Waals surface area contributed by atoms with Gasteiger partial charge in [0.25, 0.3) is 0 Å². The Labute approximate surface area is 134 Å². The van der Waals surface area contributed by atoms with Gasteiger partial charge in [-0.25, -0.2) is 4.98 Å². The number of nitrogens with one attached hydrogen (secondary N) is 1. The largest absolute Gasteiger partial charge is 0.310 e. The fourth-order valence-electron chi connectivity index (χ4n) is 3.32. The molecule has 0 aromatic carbocycles. The van der Waals surface area contributed by atoms with Crippen LogP contribution in [0.5, 0.6) is 0 Å². The highest BCUT2D eigenvalue weighted by Crippen LogP contribution is 2.40. The first kappa shape index (κ1) is 17.0. The Morgan fingerprint density at radius 2 is 2.00 bits per heavy atom. The van der Waals surface area contributed by atoms with Crippen molar-refractivity contribution < 1.29 is 0 Å². The van der Waals surface area contributed by atoms with Crippen molar-refractivity contribution >= 4 is 11.3 Å². The first-order valence-corrected chi connectivity index (χ1v) is 9.55. The fourth-order valence-corrected chi connectivity index (χ4v) is 4.64. The van der Waals surface area contributed by atoms with Crippen LogP contribution in [-0.4, -0.2) is 11.0 Å². The molecule has 2 unspecified atom stereocenters. The summed E-state index contributed by atoms with van der Waals surface area (Å²) in [6.07, 6.45) is 6.86. The van der Waals surface area contributed by atoms with Gasteiger partial charge in [0.05, 0.1) is 10.7 Å². The molecule has 0 aliphatic heterocycles. The van der Waals surface area contributed by atoms with Crippen molar-refractivity contribution in [3.8, 4) is 0 Å². The number of hydrogen-bond acceptors (Lipinski definition) is 3. The highest BCUT2D eigenvalue weighted by atomic mass is 32.1. The Bertz CT molecular complexity index is 436. The summed E-state index contributed by atoms with van der Waals surface area (Å²) in [6, 6.07) is 0.537. The molecule has 120 valence electrons. The number of aromatic nitrogens is 1. The molecule has 21 heavy (non-hydrogen) atoms. The molecule has 1 saturated carbocycles. The van der Waals surface area contributed by atoms with Crippen molar-refractivity contribution in [2.24, 2.45) is 5.92 Å². The second-order valence-corrected chi connectivity index (χ2v) is 8.30. The van der Waals surface area contributed by atoms with Crippen LogP contribution in [0.2, 0.25) is 0 Å². The van der Waals surface area contributed by atoms with Crippen molar-refractivity contribution in [1.82, 2.24) is 10.3 Å². The van der Waals surface area contributed by atoms with E-state index in [1.165, 1.54) is 47.7 Å². The summed E-state index contributed by atoms with van der Waals surface area (Å²) in [7, 11) is 0. The Balaban J connectivity index is 2.14. The Hall–Kier alpha value is -0.410. The zero-order valence-corrected chi connectivity index (χ0v) is 15.2. The molecule has 0 radical (unpaired) electrons. The molecule has 1 aromatic heterocycles. The molecule has 2 nitrogen and oxygen atoms in total. The topological polar surface area (TPSA) is 24.9 Å². The van der Waals surface area contributed by atoms with Crippen LogP contribution in [0.4, 0.5) is 0 Å². The van der Waals surface area contributed by atoms with E-state index in [9.17, 15) is 0 Å². The van der Waals surface area contributed by atoms with E-state index in [2.05, 4.69) is 39.9 Å². The number of hydrogen-bond donors (Lipinski definition) is 1. The van der Waals surface area contributed by atoms with Gasteiger partial charge >= 0.3 is 0 Å². The van der Waals surface area contributed by atoms with Gasteiger partial charge in [-0.2, -0.15) is 0 Å². The van der Waals surface area contributed by atoms with E-state index in [0.29, 0.717) is 12.0 Å². The SMILES string of the molecule is CCC1CCCC(c2nc(C(C)C)c(CNC(C)C)s2)C1. The van der Waals surface area contributed by atoms with Crippen molar-refractivity contribution in [2.45, 2.75) is 91.1 Å². The van der Waals surface area contributed by atoms with Gasteiger partial charge in [0.2, 0.25) is 0 Å². The molecule has 1 heterocycles. The third-order valence-electron chi connectivity index (χ3n) is 4.67. The Morgan fingerprint density at radius 3 is 2.62 bits per heavy atom. The van der Waals surface area contributed by atoms with Crippen LogP contribution in [0, 0.1) is 5.92 Å². The van der Waals surface area contributed by atoms with Gasteiger partial charge in [0.15, 0.2) is 0 Å². The maximum Gasteiger partial charge on any atom is 0.0962 e. The van der Waals surface area contributed by atoms with Crippen LogP contribution < -0.4 is 5.32 Å². The fraction of sp³-hybridized carbons (Fsp3) is 0.833. The second kappa shape index (κ2) is 7.73. The molecule has 0 bridgehead atoms. The van der Waals surface area contributed by atoms with E-state index < -0.39 is 0 Å². The summed E-state index contributed by atoms with van der Waals surface area (Å²) >= 11 is 1.98. The third-order valence-corrected chi connectivity index (χ3v) is 5.90. The van der Waals surface area contributed by atoms with Gasteiger partial charge in [-0.05, 0) is 24.7 Å². The van der Waals surface area contributed by atoms with Crippen molar-refractivity contribution in [3.05, 3.63) is 15.6 Å². The Kier molecular flexibility index (Phi) is 6.24. The van der Waals surface area contributed by atoms with Crippen molar-refractivity contribution in [3.63, 3.8) is 0 Å². The zero-order valence-electron chi connectivity index (χ0n) is 14.4. The molecule has 2 rings (SSSR count). The third kappa shape index (κ3) is 4.53. The van der Waals surface area contributed by atoms with Crippen LogP contribution in [-0.2, 0) is 6.54 Å². The Morgan fingerprint density at radius 1 is 1.24 bits per heavy atom. The van der Waals surface area contributed by atoms with E-state index >= 15 is 0 Å². The van der Waals surface area contributed by atoms with Crippen LogP contribution in [0.1, 0.15) is 94.1 Å². The lowest BCUT2D eigenvalue weighted by Crippen LogP contribution is -2.22. The molecule has 0 saturated heterocycles. The highest BCUT2D eigenvalue weighted by molar-refractivity contribution is 7.11. The lowest BCUT2D eigenvalue weighted by atomic mass is 9.80. The molecule has 3 heteroatoms. The highest BCUT2D eigenvalue weighted by Gasteiger charge is 2.26. The quantitative estimate of drug-likeness (QED) is 0.756. The minimum atomic E-state index is 0.532. The van der Waals surface area contributed by atoms with Gasteiger partial charge in [0, 0.05) is 23.4 Å². The molecule has 1 aliphatic carbocycles. The molecular weight excluding hydrogens is 276 g/mol. The maximum atomic E-state index is 5.06. The molecule has 1 aliphatic rings. The smallest absolute Gasteiger partial charge is 0.0962 e. The maximum absolute atomic E-state index is 5.06. The van der Waals surface area contributed by atoms with Crippen molar-refractivity contribution in [1.29, 1.82) is 0 Å². The lowest BCUT2D eigenvalue weighted by molar-refractivity contribution is 0.314. The van der Waals surface area contributed by atoms with Crippen LogP contribution in [0.15, 0.2) is 0 Å². The second-order valence-electron chi connectivity index (χ2n) is 7.19. The summed E-state index contributed by atoms with van der Waals surface area (Å²) < 4.78 is 0. The molecular formula is C18H32N2S. The van der Waals surface area contributed by atoms with E-state index in [0.717, 1.165) is 18.4 Å². The monoisotopic (exact) mass is 308 g/mol. The molecule has 1 aromatic rings. The number of thiazole rings is 1. The minimum absolute atomic E-state index is 0.532. The predicted molar refractivity (Wildman–Crippen MR) is 93.2 cm³/mol. The molecule has 1 N–H and O–H groups in total. The average Bonchev–Trinajstić information content (AvgIpc) is 2.89. The zero-order chi connectivity index (χ0) is 15.4. The van der Waals surface area contributed by atoms with Crippen LogP contribution in [0.25, 0.3) is 0 Å². The molecule has 0 spiro atoms. The first-order valence-electron chi connectivity index (χ1n) is 8.74. The number of rotatable bonds is 6.